The van der Waals surface area contributed by atoms with Crippen LogP contribution in [-0.2, 0) is 10.3 Å². The Balaban J connectivity index is 2.61. The van der Waals surface area contributed by atoms with E-state index in [2.05, 4.69) is 0 Å². The zero-order valence-corrected chi connectivity index (χ0v) is 10.6. The van der Waals surface area contributed by atoms with E-state index in [-0.39, 0.29) is 5.78 Å². The summed E-state index contributed by atoms with van der Waals surface area (Å²) in [4.78, 5) is 13.8. The topological polar surface area (TPSA) is 20.3 Å². The summed E-state index contributed by atoms with van der Waals surface area (Å²) >= 11 is 6.24. The van der Waals surface area contributed by atoms with Crippen LogP contribution in [0.15, 0.2) is 24.3 Å². The molecule has 1 aliphatic rings. The number of halogens is 1. The number of ketones is 1. The molecule has 0 spiro atoms. The van der Waals surface area contributed by atoms with E-state index in [0.29, 0.717) is 23.4 Å². The molecule has 0 aliphatic heterocycles. The summed E-state index contributed by atoms with van der Waals surface area (Å²) in [5.74, 6) is -0.0597. The van der Waals surface area contributed by atoms with Crippen LogP contribution < -0.4 is 0 Å². The standard InChI is InChI=1S/C14H18ClNO/c1-16(2)14(10-6-5-9-13(14)17)11-7-3-4-8-12(11)15/h3-4,7-8H,5-6,9-10H2,1-2H3/t14-/m0/s1/i1D3. The van der Waals surface area contributed by atoms with Crippen molar-refractivity contribution in [3.8, 4) is 0 Å². The molecule has 92 valence electrons. The van der Waals surface area contributed by atoms with Crippen LogP contribution in [0, 0.1) is 0 Å². The van der Waals surface area contributed by atoms with Gasteiger partial charge in [0.15, 0.2) is 5.78 Å². The largest absolute Gasteiger partial charge is 0.297 e. The fraction of sp³-hybridized carbons (Fsp3) is 0.500. The first-order valence-electron chi connectivity index (χ1n) is 7.32. The quantitative estimate of drug-likeness (QED) is 0.808. The van der Waals surface area contributed by atoms with Crippen LogP contribution in [-0.4, -0.2) is 24.7 Å². The van der Waals surface area contributed by atoms with Gasteiger partial charge in [0.05, 0.1) is 0 Å². The number of hydrogen-bond donors (Lipinski definition) is 0. The second-order valence-corrected chi connectivity index (χ2v) is 4.94. The molecular weight excluding hydrogens is 234 g/mol. The van der Waals surface area contributed by atoms with Gasteiger partial charge in [-0.3, -0.25) is 9.69 Å². The average Bonchev–Trinajstić information content (AvgIpc) is 2.39. The van der Waals surface area contributed by atoms with E-state index < -0.39 is 12.5 Å². The molecule has 1 fully saturated rings. The predicted octanol–water partition coefficient (Wildman–Crippen LogP) is 3.24. The minimum atomic E-state index is -2.34. The third-order valence-corrected chi connectivity index (χ3v) is 3.88. The van der Waals surface area contributed by atoms with E-state index in [1.54, 1.807) is 24.3 Å². The Bertz CT molecular complexity index is 517. The summed E-state index contributed by atoms with van der Waals surface area (Å²) in [6, 6.07) is 7.03. The molecule has 0 unspecified atom stereocenters. The minimum absolute atomic E-state index is 0.0597. The molecule has 2 nitrogen and oxygen atoms in total. The van der Waals surface area contributed by atoms with Crippen LogP contribution in [0.2, 0.25) is 5.02 Å². The van der Waals surface area contributed by atoms with Gasteiger partial charge in [0, 0.05) is 15.6 Å². The van der Waals surface area contributed by atoms with Gasteiger partial charge in [-0.05, 0) is 38.5 Å². The van der Waals surface area contributed by atoms with Crippen molar-refractivity contribution in [1.82, 2.24) is 4.90 Å². The molecule has 0 saturated heterocycles. The van der Waals surface area contributed by atoms with E-state index in [1.165, 1.54) is 11.9 Å². The van der Waals surface area contributed by atoms with Gasteiger partial charge in [-0.25, -0.2) is 0 Å². The molecule has 0 heterocycles. The van der Waals surface area contributed by atoms with Crippen molar-refractivity contribution >= 4 is 17.4 Å². The molecule has 17 heavy (non-hydrogen) atoms. The van der Waals surface area contributed by atoms with Gasteiger partial charge < -0.3 is 0 Å². The normalized spacial score (nSPS) is 28.6. The Morgan fingerprint density at radius 2 is 2.18 bits per heavy atom. The zero-order valence-electron chi connectivity index (χ0n) is 12.9. The van der Waals surface area contributed by atoms with Crippen molar-refractivity contribution in [2.75, 3.05) is 14.0 Å². The Labute approximate surface area is 112 Å². The van der Waals surface area contributed by atoms with Gasteiger partial charge >= 0.3 is 0 Å². The molecule has 2 rings (SSSR count). The Hall–Kier alpha value is -0.860. The van der Waals surface area contributed by atoms with Gasteiger partial charge in [0.2, 0.25) is 0 Å². The van der Waals surface area contributed by atoms with Crippen LogP contribution in [0.25, 0.3) is 0 Å². The lowest BCUT2D eigenvalue weighted by Crippen LogP contribution is -2.50. The number of carbonyl (C=O) groups is 1. The zero-order chi connectivity index (χ0) is 15.0. The molecular formula is C14H18ClNO. The summed E-state index contributed by atoms with van der Waals surface area (Å²) in [5, 5.41) is 0.443. The fourth-order valence-corrected chi connectivity index (χ4v) is 2.92. The number of nitrogens with zero attached hydrogens (tertiary/aromatic N) is 1. The van der Waals surface area contributed by atoms with Gasteiger partial charge in [-0.2, -0.15) is 0 Å². The predicted molar refractivity (Wildman–Crippen MR) is 70.3 cm³/mol. The van der Waals surface area contributed by atoms with Crippen LogP contribution in [0.3, 0.4) is 0 Å². The Morgan fingerprint density at radius 1 is 1.41 bits per heavy atom. The maximum Gasteiger partial charge on any atom is 0.157 e. The molecule has 1 saturated carbocycles. The summed E-state index contributed by atoms with van der Waals surface area (Å²) in [6.45, 7) is -2.34. The summed E-state index contributed by atoms with van der Waals surface area (Å²) < 4.78 is 23.0. The highest BCUT2D eigenvalue weighted by Crippen LogP contribution is 2.41. The lowest BCUT2D eigenvalue weighted by molar-refractivity contribution is -0.133. The molecule has 0 N–H and O–H groups in total. The average molecular weight is 255 g/mol. The maximum atomic E-state index is 12.6. The van der Waals surface area contributed by atoms with Crippen LogP contribution in [0.5, 0.6) is 0 Å². The SMILES string of the molecule is [2H]C([2H])([2H])N(C)[C@]1(c2ccccc2Cl)CCCCC1=O. The van der Waals surface area contributed by atoms with Crippen molar-refractivity contribution in [3.05, 3.63) is 34.9 Å². The van der Waals surface area contributed by atoms with Crippen molar-refractivity contribution in [1.29, 1.82) is 0 Å². The minimum Gasteiger partial charge on any atom is -0.297 e. The number of carbonyl (C=O) groups excluding carboxylic acids is 1. The number of likely N-dealkylation sites (N-methyl/N-ethyl adjacent to an activating group) is 1. The summed E-state index contributed by atoms with van der Waals surface area (Å²) in [5.41, 5.74) is -0.535. The van der Waals surface area contributed by atoms with Gasteiger partial charge in [-0.1, -0.05) is 36.2 Å². The highest BCUT2D eigenvalue weighted by Gasteiger charge is 2.44. The molecule has 1 aliphatic carbocycles. The van der Waals surface area contributed by atoms with Gasteiger partial charge in [0.1, 0.15) is 5.54 Å². The van der Waals surface area contributed by atoms with Crippen molar-refractivity contribution in [2.45, 2.75) is 31.2 Å². The highest BCUT2D eigenvalue weighted by atomic mass is 35.5. The van der Waals surface area contributed by atoms with Crippen molar-refractivity contribution < 1.29 is 8.91 Å². The summed E-state index contributed by atoms with van der Waals surface area (Å²) in [6.07, 6.45) is 2.51. The highest BCUT2D eigenvalue weighted by molar-refractivity contribution is 6.31. The molecule has 0 amide bonds. The van der Waals surface area contributed by atoms with Crippen molar-refractivity contribution in [2.24, 2.45) is 0 Å². The second-order valence-electron chi connectivity index (χ2n) is 4.53. The van der Waals surface area contributed by atoms with Gasteiger partial charge in [-0.15, -0.1) is 0 Å². The lowest BCUT2D eigenvalue weighted by atomic mass is 9.74. The number of Topliss-reactive ketones (excluding diaryl/α,β-unsaturated/α-hetero) is 1. The van der Waals surface area contributed by atoms with E-state index in [0.717, 1.165) is 12.8 Å². The third-order valence-electron chi connectivity index (χ3n) is 3.55. The van der Waals surface area contributed by atoms with Crippen molar-refractivity contribution in [3.63, 3.8) is 0 Å². The van der Waals surface area contributed by atoms with Crippen LogP contribution >= 0.6 is 11.6 Å². The molecule has 0 aromatic heterocycles. The molecule has 1 aromatic rings. The first-order chi connectivity index (χ1) is 9.30. The molecule has 0 bridgehead atoms. The summed E-state index contributed by atoms with van der Waals surface area (Å²) in [7, 11) is 1.49. The Morgan fingerprint density at radius 3 is 2.82 bits per heavy atom. The third kappa shape index (κ3) is 2.00. The van der Waals surface area contributed by atoms with E-state index >= 15 is 0 Å². The van der Waals surface area contributed by atoms with Gasteiger partial charge in [0.25, 0.3) is 0 Å². The maximum absolute atomic E-state index is 12.6. The molecule has 1 aromatic carbocycles. The molecule has 3 heteroatoms. The Kier molecular flexibility index (Phi) is 2.57. The molecule has 1 atom stereocenters. The van der Waals surface area contributed by atoms with E-state index in [1.807, 2.05) is 0 Å². The van der Waals surface area contributed by atoms with Crippen LogP contribution in [0.4, 0.5) is 0 Å². The van der Waals surface area contributed by atoms with E-state index in [9.17, 15) is 4.79 Å². The lowest BCUT2D eigenvalue weighted by Gasteiger charge is -2.42. The second kappa shape index (κ2) is 4.79. The van der Waals surface area contributed by atoms with E-state index in [4.69, 9.17) is 15.7 Å². The molecule has 0 radical (unpaired) electrons. The number of hydrogen-bond acceptors (Lipinski definition) is 2. The smallest absolute Gasteiger partial charge is 0.157 e. The first kappa shape index (κ1) is 9.12. The first-order valence-corrected chi connectivity index (χ1v) is 6.20. The monoisotopic (exact) mass is 254 g/mol. The fourth-order valence-electron chi connectivity index (χ4n) is 2.63. The van der Waals surface area contributed by atoms with Crippen LogP contribution in [0.1, 0.15) is 35.4 Å². The number of rotatable bonds is 2. The number of benzene rings is 1.